The molecule has 0 spiro atoms. The molecule has 2 N–H and O–H groups in total. The van der Waals surface area contributed by atoms with E-state index in [2.05, 4.69) is 5.32 Å². The molecule has 4 heteroatoms. The van der Waals surface area contributed by atoms with E-state index in [0.717, 1.165) is 36.3 Å². The van der Waals surface area contributed by atoms with Crippen molar-refractivity contribution in [3.63, 3.8) is 0 Å². The lowest BCUT2D eigenvalue weighted by Crippen LogP contribution is -2.41. The van der Waals surface area contributed by atoms with Crippen LogP contribution in [0.4, 0.5) is 0 Å². The van der Waals surface area contributed by atoms with Crippen LogP contribution in [0.15, 0.2) is 18.2 Å². The Labute approximate surface area is 114 Å². The van der Waals surface area contributed by atoms with E-state index in [-0.39, 0.29) is 12.1 Å². The van der Waals surface area contributed by atoms with E-state index in [9.17, 15) is 5.11 Å². The fourth-order valence-corrected chi connectivity index (χ4v) is 2.59. The summed E-state index contributed by atoms with van der Waals surface area (Å²) < 4.78 is 10.6. The summed E-state index contributed by atoms with van der Waals surface area (Å²) in [7, 11) is 3.30. The third-order valence-corrected chi connectivity index (χ3v) is 3.78. The topological polar surface area (TPSA) is 50.7 Å². The average molecular weight is 265 g/mol. The second-order valence-corrected chi connectivity index (χ2v) is 5.02. The van der Waals surface area contributed by atoms with Crippen LogP contribution in [-0.2, 0) is 6.54 Å². The third-order valence-electron chi connectivity index (χ3n) is 3.78. The Morgan fingerprint density at radius 3 is 2.68 bits per heavy atom. The van der Waals surface area contributed by atoms with Gasteiger partial charge in [0.25, 0.3) is 0 Å². The minimum absolute atomic E-state index is 0.195. The first-order chi connectivity index (χ1) is 9.24. The van der Waals surface area contributed by atoms with E-state index in [4.69, 9.17) is 9.47 Å². The van der Waals surface area contributed by atoms with Gasteiger partial charge in [-0.2, -0.15) is 0 Å². The van der Waals surface area contributed by atoms with E-state index in [1.165, 1.54) is 6.42 Å². The summed E-state index contributed by atoms with van der Waals surface area (Å²) in [5.74, 6) is 1.61. The number of hydrogen-bond acceptors (Lipinski definition) is 4. The van der Waals surface area contributed by atoms with Crippen molar-refractivity contribution < 1.29 is 14.6 Å². The lowest BCUT2D eigenvalue weighted by atomic mass is 9.92. The number of nitrogens with one attached hydrogen (secondary N) is 1. The van der Waals surface area contributed by atoms with E-state index in [1.54, 1.807) is 14.2 Å². The van der Waals surface area contributed by atoms with Crippen LogP contribution in [0.2, 0.25) is 0 Å². The molecule has 0 radical (unpaired) electrons. The lowest BCUT2D eigenvalue weighted by molar-refractivity contribution is 0.0901. The molecular formula is C15H23NO3. The molecule has 1 aromatic rings. The first kappa shape index (κ1) is 14.2. The minimum atomic E-state index is -0.224. The van der Waals surface area contributed by atoms with Crippen LogP contribution in [0, 0.1) is 0 Å². The Hall–Kier alpha value is -1.26. The second kappa shape index (κ2) is 6.78. The Bertz CT molecular complexity index is 408. The number of ether oxygens (including phenoxy) is 2. The van der Waals surface area contributed by atoms with Gasteiger partial charge in [0.2, 0.25) is 0 Å². The lowest BCUT2D eigenvalue weighted by Gasteiger charge is -2.28. The van der Waals surface area contributed by atoms with E-state index in [1.807, 2.05) is 18.2 Å². The maximum absolute atomic E-state index is 9.94. The van der Waals surface area contributed by atoms with Crippen molar-refractivity contribution in [1.29, 1.82) is 0 Å². The SMILES string of the molecule is COc1ccc(CNC2CCCCC2O)c(OC)c1. The standard InChI is InChI=1S/C15H23NO3/c1-18-12-8-7-11(15(9-12)19-2)10-16-13-5-3-4-6-14(13)17/h7-9,13-14,16-17H,3-6,10H2,1-2H3. The molecular weight excluding hydrogens is 242 g/mol. The summed E-state index contributed by atoms with van der Waals surface area (Å²) in [5, 5.41) is 13.4. The quantitative estimate of drug-likeness (QED) is 0.856. The summed E-state index contributed by atoms with van der Waals surface area (Å²) >= 11 is 0. The molecule has 1 aliphatic rings. The van der Waals surface area contributed by atoms with E-state index in [0.29, 0.717) is 6.54 Å². The van der Waals surface area contributed by atoms with Crippen molar-refractivity contribution in [3.8, 4) is 11.5 Å². The highest BCUT2D eigenvalue weighted by atomic mass is 16.5. The molecule has 0 aliphatic heterocycles. The molecule has 0 aromatic heterocycles. The van der Waals surface area contributed by atoms with Crippen molar-refractivity contribution >= 4 is 0 Å². The summed E-state index contributed by atoms with van der Waals surface area (Å²) in [6.45, 7) is 0.703. The number of aliphatic hydroxyl groups excluding tert-OH is 1. The minimum Gasteiger partial charge on any atom is -0.497 e. The van der Waals surface area contributed by atoms with Gasteiger partial charge in [0.05, 0.1) is 20.3 Å². The molecule has 2 atom stereocenters. The molecule has 1 aromatic carbocycles. The van der Waals surface area contributed by atoms with Gasteiger partial charge < -0.3 is 19.9 Å². The number of benzene rings is 1. The number of rotatable bonds is 5. The van der Waals surface area contributed by atoms with Crippen molar-refractivity contribution in [2.24, 2.45) is 0 Å². The largest absolute Gasteiger partial charge is 0.497 e. The Morgan fingerprint density at radius 2 is 2.00 bits per heavy atom. The first-order valence-electron chi connectivity index (χ1n) is 6.87. The normalized spacial score (nSPS) is 23.1. The molecule has 1 fully saturated rings. The number of hydrogen-bond donors (Lipinski definition) is 2. The van der Waals surface area contributed by atoms with Crippen LogP contribution in [0.3, 0.4) is 0 Å². The van der Waals surface area contributed by atoms with Crippen LogP contribution >= 0.6 is 0 Å². The molecule has 2 unspecified atom stereocenters. The van der Waals surface area contributed by atoms with Gasteiger partial charge in [0.1, 0.15) is 11.5 Å². The van der Waals surface area contributed by atoms with Crippen molar-refractivity contribution in [1.82, 2.24) is 5.32 Å². The summed E-state index contributed by atoms with van der Waals surface area (Å²) in [5.41, 5.74) is 1.08. The molecule has 0 bridgehead atoms. The molecule has 19 heavy (non-hydrogen) atoms. The van der Waals surface area contributed by atoms with E-state index >= 15 is 0 Å². The maximum Gasteiger partial charge on any atom is 0.127 e. The van der Waals surface area contributed by atoms with Gasteiger partial charge >= 0.3 is 0 Å². The number of aliphatic hydroxyl groups is 1. The summed E-state index contributed by atoms with van der Waals surface area (Å²) in [6.07, 6.45) is 4.04. The second-order valence-electron chi connectivity index (χ2n) is 5.02. The summed E-state index contributed by atoms with van der Waals surface area (Å²) in [4.78, 5) is 0. The fourth-order valence-electron chi connectivity index (χ4n) is 2.59. The molecule has 0 saturated heterocycles. The first-order valence-corrected chi connectivity index (χ1v) is 6.87. The Kier molecular flexibility index (Phi) is 5.05. The smallest absolute Gasteiger partial charge is 0.127 e. The van der Waals surface area contributed by atoms with E-state index < -0.39 is 0 Å². The van der Waals surface area contributed by atoms with Crippen molar-refractivity contribution in [3.05, 3.63) is 23.8 Å². The Morgan fingerprint density at radius 1 is 1.21 bits per heavy atom. The third kappa shape index (κ3) is 3.61. The van der Waals surface area contributed by atoms with Gasteiger partial charge in [-0.1, -0.05) is 18.9 Å². The number of methoxy groups -OCH3 is 2. The molecule has 1 saturated carbocycles. The molecule has 0 amide bonds. The zero-order valence-corrected chi connectivity index (χ0v) is 11.7. The predicted octanol–water partition coefficient (Wildman–Crippen LogP) is 2.10. The fraction of sp³-hybridized carbons (Fsp3) is 0.600. The zero-order valence-electron chi connectivity index (χ0n) is 11.7. The average Bonchev–Trinajstić information content (AvgIpc) is 2.46. The van der Waals surface area contributed by atoms with Crippen molar-refractivity contribution in [2.75, 3.05) is 14.2 Å². The maximum atomic E-state index is 9.94. The van der Waals surface area contributed by atoms with Gasteiger partial charge in [-0.25, -0.2) is 0 Å². The predicted molar refractivity (Wildman–Crippen MR) is 74.6 cm³/mol. The van der Waals surface area contributed by atoms with Crippen LogP contribution in [0.1, 0.15) is 31.2 Å². The summed E-state index contributed by atoms with van der Waals surface area (Å²) in [6, 6.07) is 6.01. The van der Waals surface area contributed by atoms with Crippen LogP contribution < -0.4 is 14.8 Å². The highest BCUT2D eigenvalue weighted by Crippen LogP contribution is 2.25. The molecule has 106 valence electrons. The molecule has 4 nitrogen and oxygen atoms in total. The van der Waals surface area contributed by atoms with Crippen molar-refractivity contribution in [2.45, 2.75) is 44.4 Å². The van der Waals surface area contributed by atoms with Crippen LogP contribution in [-0.4, -0.2) is 31.5 Å². The van der Waals surface area contributed by atoms with Gasteiger partial charge in [-0.3, -0.25) is 0 Å². The molecule has 1 aliphatic carbocycles. The monoisotopic (exact) mass is 265 g/mol. The molecule has 0 heterocycles. The molecule has 2 rings (SSSR count). The van der Waals surface area contributed by atoms with Gasteiger partial charge in [-0.15, -0.1) is 0 Å². The Balaban J connectivity index is 1.98. The van der Waals surface area contributed by atoms with Gasteiger partial charge in [0, 0.05) is 24.2 Å². The zero-order chi connectivity index (χ0) is 13.7. The van der Waals surface area contributed by atoms with Gasteiger partial charge in [-0.05, 0) is 18.9 Å². The highest BCUT2D eigenvalue weighted by molar-refractivity contribution is 5.40. The van der Waals surface area contributed by atoms with Gasteiger partial charge in [0.15, 0.2) is 0 Å². The van der Waals surface area contributed by atoms with Crippen LogP contribution in [0.5, 0.6) is 11.5 Å². The highest BCUT2D eigenvalue weighted by Gasteiger charge is 2.22. The van der Waals surface area contributed by atoms with Crippen LogP contribution in [0.25, 0.3) is 0 Å².